The Morgan fingerprint density at radius 2 is 2.17 bits per heavy atom. The number of benzene rings is 1. The van der Waals surface area contributed by atoms with Crippen LogP contribution in [0.5, 0.6) is 5.75 Å². The highest BCUT2D eigenvalue weighted by Gasteiger charge is 2.24. The van der Waals surface area contributed by atoms with E-state index < -0.39 is 0 Å². The number of aliphatic imine (C=N–C) groups is 1. The van der Waals surface area contributed by atoms with Gasteiger partial charge in [-0.1, -0.05) is 12.1 Å². The molecule has 1 aliphatic heterocycles. The first-order valence-corrected chi connectivity index (χ1v) is 10.6. The summed E-state index contributed by atoms with van der Waals surface area (Å²) in [6, 6.07) is 7.64. The maximum absolute atomic E-state index is 12.2. The van der Waals surface area contributed by atoms with Crippen LogP contribution < -0.4 is 25.2 Å². The molecule has 0 aliphatic carbocycles. The average Bonchev–Trinajstić information content (AvgIpc) is 3.20. The van der Waals surface area contributed by atoms with Gasteiger partial charge in [-0.05, 0) is 25.5 Å². The molecule has 156 valence electrons. The Morgan fingerprint density at radius 1 is 1.34 bits per heavy atom. The van der Waals surface area contributed by atoms with E-state index in [1.165, 1.54) is 0 Å². The van der Waals surface area contributed by atoms with E-state index in [0.717, 1.165) is 41.2 Å². The van der Waals surface area contributed by atoms with Gasteiger partial charge in [0.1, 0.15) is 5.75 Å². The fourth-order valence-corrected chi connectivity index (χ4v) is 3.67. The number of amides is 1. The number of anilines is 2. The van der Waals surface area contributed by atoms with Gasteiger partial charge in [0.05, 0.1) is 17.9 Å². The number of nitrogens with one attached hydrogen (secondary N) is 2. The number of hydrogen-bond acceptors (Lipinski definition) is 6. The molecule has 0 atom stereocenters. The highest BCUT2D eigenvalue weighted by Crippen LogP contribution is 2.31. The molecule has 8 nitrogen and oxygen atoms in total. The van der Waals surface area contributed by atoms with Crippen LogP contribution in [0.15, 0.2) is 34.6 Å². The molecule has 1 aliphatic rings. The van der Waals surface area contributed by atoms with Crippen molar-refractivity contribution in [3.63, 3.8) is 0 Å². The van der Waals surface area contributed by atoms with Crippen LogP contribution in [-0.4, -0.2) is 57.2 Å². The Bertz CT molecular complexity index is 851. The van der Waals surface area contributed by atoms with Crippen LogP contribution >= 0.6 is 11.3 Å². The summed E-state index contributed by atoms with van der Waals surface area (Å²) in [6.45, 7) is 4.77. The van der Waals surface area contributed by atoms with E-state index in [4.69, 9.17) is 4.74 Å². The number of para-hydroxylation sites is 2. The third-order valence-corrected chi connectivity index (χ3v) is 5.38. The monoisotopic (exact) mass is 416 g/mol. The van der Waals surface area contributed by atoms with Gasteiger partial charge in [-0.2, -0.15) is 0 Å². The standard InChI is InChI=1S/C20H28N6O2S/c1-4-21-19(23-12-15-14-29-20(24-15)25(2)3)22-10-7-11-26-16-8-5-6-9-17(16)28-13-18(26)27/h5-6,8-9,14H,4,7,10-13H2,1-3H3,(H2,21,22,23). The van der Waals surface area contributed by atoms with Gasteiger partial charge < -0.3 is 25.2 Å². The van der Waals surface area contributed by atoms with Crippen molar-refractivity contribution in [1.29, 1.82) is 0 Å². The Kier molecular flexibility index (Phi) is 7.29. The van der Waals surface area contributed by atoms with Crippen molar-refractivity contribution in [3.05, 3.63) is 35.3 Å². The lowest BCUT2D eigenvalue weighted by Crippen LogP contribution is -2.42. The minimum atomic E-state index is -0.00972. The number of carbonyl (C=O) groups excluding carboxylic acids is 1. The largest absolute Gasteiger partial charge is 0.482 e. The van der Waals surface area contributed by atoms with E-state index in [0.29, 0.717) is 19.6 Å². The third-order valence-electron chi connectivity index (χ3n) is 4.32. The zero-order chi connectivity index (χ0) is 20.6. The zero-order valence-electron chi connectivity index (χ0n) is 17.1. The van der Waals surface area contributed by atoms with Gasteiger partial charge in [0, 0.05) is 39.1 Å². The van der Waals surface area contributed by atoms with Gasteiger partial charge in [0.15, 0.2) is 17.7 Å². The van der Waals surface area contributed by atoms with Gasteiger partial charge in [0.25, 0.3) is 5.91 Å². The summed E-state index contributed by atoms with van der Waals surface area (Å²) >= 11 is 1.61. The number of rotatable bonds is 8. The third kappa shape index (κ3) is 5.60. The molecular weight excluding hydrogens is 388 g/mol. The molecule has 29 heavy (non-hydrogen) atoms. The minimum absolute atomic E-state index is 0.00972. The van der Waals surface area contributed by atoms with Crippen molar-refractivity contribution < 1.29 is 9.53 Å². The van der Waals surface area contributed by atoms with Gasteiger partial charge in [-0.25, -0.2) is 9.98 Å². The van der Waals surface area contributed by atoms with Crippen LogP contribution in [0, 0.1) is 0 Å². The molecule has 2 heterocycles. The quantitative estimate of drug-likeness (QED) is 0.390. The summed E-state index contributed by atoms with van der Waals surface area (Å²) in [5, 5.41) is 9.59. The smallest absolute Gasteiger partial charge is 0.265 e. The molecule has 0 saturated heterocycles. The molecule has 1 aromatic carbocycles. The van der Waals surface area contributed by atoms with Gasteiger partial charge in [-0.3, -0.25) is 4.79 Å². The van der Waals surface area contributed by atoms with E-state index in [1.807, 2.05) is 55.6 Å². The Hall–Kier alpha value is -2.81. The van der Waals surface area contributed by atoms with Crippen LogP contribution in [0.4, 0.5) is 10.8 Å². The molecule has 0 spiro atoms. The summed E-state index contributed by atoms with van der Waals surface area (Å²) < 4.78 is 5.49. The molecule has 0 saturated carbocycles. The normalized spacial score (nSPS) is 13.7. The van der Waals surface area contributed by atoms with Crippen molar-refractivity contribution >= 4 is 34.0 Å². The number of aromatic nitrogens is 1. The first-order chi connectivity index (χ1) is 14.1. The maximum Gasteiger partial charge on any atom is 0.265 e. The molecule has 0 bridgehead atoms. The fraction of sp³-hybridized carbons (Fsp3) is 0.450. The molecule has 3 rings (SSSR count). The second-order valence-electron chi connectivity index (χ2n) is 6.79. The molecular formula is C20H28N6O2S. The highest BCUT2D eigenvalue weighted by atomic mass is 32.1. The van der Waals surface area contributed by atoms with E-state index in [2.05, 4.69) is 20.6 Å². The number of guanidine groups is 1. The predicted octanol–water partition coefficient (Wildman–Crippen LogP) is 2.08. The van der Waals surface area contributed by atoms with Crippen LogP contribution in [-0.2, 0) is 11.3 Å². The van der Waals surface area contributed by atoms with Crippen LogP contribution in [0.25, 0.3) is 0 Å². The van der Waals surface area contributed by atoms with E-state index in [9.17, 15) is 4.79 Å². The second kappa shape index (κ2) is 10.1. The molecule has 2 aromatic rings. The number of hydrogen-bond donors (Lipinski definition) is 2. The van der Waals surface area contributed by atoms with Crippen molar-refractivity contribution in [2.75, 3.05) is 50.1 Å². The lowest BCUT2D eigenvalue weighted by atomic mass is 10.2. The van der Waals surface area contributed by atoms with Crippen molar-refractivity contribution in [2.24, 2.45) is 4.99 Å². The Morgan fingerprint density at radius 3 is 2.93 bits per heavy atom. The predicted molar refractivity (Wildman–Crippen MR) is 118 cm³/mol. The number of ether oxygens (including phenoxy) is 1. The average molecular weight is 417 g/mol. The van der Waals surface area contributed by atoms with Crippen LogP contribution in [0.1, 0.15) is 19.0 Å². The number of thiazole rings is 1. The van der Waals surface area contributed by atoms with Gasteiger partial charge in [-0.15, -0.1) is 11.3 Å². The summed E-state index contributed by atoms with van der Waals surface area (Å²) in [5.74, 6) is 1.50. The highest BCUT2D eigenvalue weighted by molar-refractivity contribution is 7.13. The molecule has 9 heteroatoms. The zero-order valence-corrected chi connectivity index (χ0v) is 18.0. The molecule has 1 amide bonds. The molecule has 0 radical (unpaired) electrons. The lowest BCUT2D eigenvalue weighted by molar-refractivity contribution is -0.121. The van der Waals surface area contributed by atoms with Crippen LogP contribution in [0.2, 0.25) is 0 Å². The second-order valence-corrected chi connectivity index (χ2v) is 7.63. The number of fused-ring (bicyclic) bond motifs is 1. The number of nitrogens with zero attached hydrogens (tertiary/aromatic N) is 4. The molecule has 2 N–H and O–H groups in total. The van der Waals surface area contributed by atoms with E-state index in [1.54, 1.807) is 16.2 Å². The van der Waals surface area contributed by atoms with Gasteiger partial charge >= 0.3 is 0 Å². The minimum Gasteiger partial charge on any atom is -0.482 e. The van der Waals surface area contributed by atoms with E-state index in [-0.39, 0.29) is 12.5 Å². The molecule has 0 fully saturated rings. The maximum atomic E-state index is 12.2. The fourth-order valence-electron chi connectivity index (χ4n) is 2.92. The number of carbonyl (C=O) groups is 1. The lowest BCUT2D eigenvalue weighted by Gasteiger charge is -2.29. The SMILES string of the molecule is CCNC(=NCc1csc(N(C)C)n1)NCCCN1C(=O)COc2ccccc21. The Balaban J connectivity index is 1.51. The summed E-state index contributed by atoms with van der Waals surface area (Å²) in [7, 11) is 3.96. The van der Waals surface area contributed by atoms with Gasteiger partial charge in [0.2, 0.25) is 0 Å². The van der Waals surface area contributed by atoms with Crippen molar-refractivity contribution in [1.82, 2.24) is 15.6 Å². The topological polar surface area (TPSA) is 82.1 Å². The van der Waals surface area contributed by atoms with Crippen molar-refractivity contribution in [2.45, 2.75) is 19.9 Å². The van der Waals surface area contributed by atoms with Crippen molar-refractivity contribution in [3.8, 4) is 5.75 Å². The Labute approximate surface area is 175 Å². The summed E-state index contributed by atoms with van der Waals surface area (Å²) in [6.07, 6.45) is 0.798. The van der Waals surface area contributed by atoms with E-state index >= 15 is 0 Å². The van der Waals surface area contributed by atoms with Crippen LogP contribution in [0.3, 0.4) is 0 Å². The summed E-state index contributed by atoms with van der Waals surface area (Å²) in [4.78, 5) is 25.2. The first kappa shape index (κ1) is 20.9. The molecule has 1 aromatic heterocycles. The molecule has 0 unspecified atom stereocenters. The first-order valence-electron chi connectivity index (χ1n) is 9.74. The summed E-state index contributed by atoms with van der Waals surface area (Å²) in [5.41, 5.74) is 1.79.